The van der Waals surface area contributed by atoms with Crippen LogP contribution in [0.4, 0.5) is 0 Å². The van der Waals surface area contributed by atoms with Crippen LogP contribution in [0.3, 0.4) is 0 Å². The van der Waals surface area contributed by atoms with Crippen molar-refractivity contribution in [3.63, 3.8) is 0 Å². The van der Waals surface area contributed by atoms with Gasteiger partial charge in [0.2, 0.25) is 24.2 Å². The maximum atomic E-state index is 13.0. The minimum atomic E-state index is -0.843. The third-order valence-electron chi connectivity index (χ3n) is 16.4. The van der Waals surface area contributed by atoms with Crippen LogP contribution in [-0.4, -0.2) is 72.8 Å². The molecule has 10 aliphatic rings. The summed E-state index contributed by atoms with van der Waals surface area (Å²) in [5, 5.41) is 6.03. The lowest BCUT2D eigenvalue weighted by atomic mass is 9.58. The molecule has 10 fully saturated rings. The van der Waals surface area contributed by atoms with Crippen LogP contribution in [0.5, 0.6) is 11.5 Å². The fourth-order valence-electron chi connectivity index (χ4n) is 12.7. The van der Waals surface area contributed by atoms with Crippen molar-refractivity contribution in [2.45, 2.75) is 160 Å². The summed E-state index contributed by atoms with van der Waals surface area (Å²) in [6, 6.07) is 14.4. The molecule has 0 radical (unpaired) electrons. The molecule has 63 heavy (non-hydrogen) atoms. The molecule has 2 aromatic carbocycles. The fourth-order valence-corrected chi connectivity index (χ4v) is 12.7. The number of fused-ring (bicyclic) bond motifs is 4. The summed E-state index contributed by atoms with van der Waals surface area (Å²) in [6.45, 7) is 13.8. The molecule has 8 heterocycles. The summed E-state index contributed by atoms with van der Waals surface area (Å²) >= 11 is 0. The molecule has 2 aliphatic carbocycles. The standard InChI is InChI=1S/C49H66N2O12/c1-28-10-20-38-30(3)42(56-44-48(38)36(28)22-24-46(5,58-44)60-62-48)54-34-16-12-32(13-17-34)40(52)50-26-8-7-9-27-51-41(53)33-14-18-35(19-15-33)55-43-31(4)39-21-11-29(2)37-23-25-47(6)59-45(57-43)49(37,39)63-61-47/h12-19,28-31,36-39,42-45H,7-11,20-27H2,1-6H3,(H,50,52)(H,51,53)/t28-,29-,30-,31+,36?,37+,38?,39-,42+,43+,44?,45+,46+,47-,48-,49-/m1/s1. The molecular weight excluding hydrogens is 809 g/mol. The van der Waals surface area contributed by atoms with Gasteiger partial charge in [-0.05, 0) is 144 Å². The Morgan fingerprint density at radius 1 is 0.556 bits per heavy atom. The number of carbonyl (C=O) groups is 2. The third-order valence-corrected chi connectivity index (χ3v) is 16.4. The average molecular weight is 875 g/mol. The second kappa shape index (κ2) is 16.8. The number of unbranched alkanes of at least 4 members (excludes halogenated alkanes) is 2. The topological polar surface area (TPSA) is 150 Å². The molecule has 3 unspecified atom stereocenters. The van der Waals surface area contributed by atoms with E-state index in [1.165, 1.54) is 0 Å². The van der Waals surface area contributed by atoms with Crippen LogP contribution in [0.2, 0.25) is 0 Å². The van der Waals surface area contributed by atoms with Gasteiger partial charge in [0, 0.05) is 60.7 Å². The van der Waals surface area contributed by atoms with Crippen molar-refractivity contribution in [3.8, 4) is 11.5 Å². The first-order valence-electron chi connectivity index (χ1n) is 23.8. The predicted molar refractivity (Wildman–Crippen MR) is 226 cm³/mol. The van der Waals surface area contributed by atoms with E-state index in [4.69, 9.17) is 48.0 Å². The molecule has 12 rings (SSSR count). The number of ether oxygens (including phenoxy) is 6. The summed E-state index contributed by atoms with van der Waals surface area (Å²) in [6.07, 6.45) is 7.92. The Morgan fingerprint density at radius 2 is 0.968 bits per heavy atom. The lowest BCUT2D eigenvalue weighted by molar-refractivity contribution is -0.575. The van der Waals surface area contributed by atoms with Crippen LogP contribution in [0, 0.1) is 47.3 Å². The highest BCUT2D eigenvalue weighted by Crippen LogP contribution is 2.62. The SMILES string of the molecule is C[C@@H]1[C@@H](Oc2ccc(C(=O)NCCCCCNC(=O)c3ccc(O[C@H]4OC5O[C@]6(C)CCC7[C@H](C)CCC([C@H]4C)[C@@]57OO6)cc3)cc2)O[C@H]2O[C@@]3(C)CC[C@H]4[C@H](C)CC[C@H]1[C@@]24OO3. The van der Waals surface area contributed by atoms with Crippen molar-refractivity contribution >= 4 is 11.8 Å². The molecule has 4 bridgehead atoms. The zero-order chi connectivity index (χ0) is 43.7. The Labute approximate surface area is 370 Å². The quantitative estimate of drug-likeness (QED) is 0.156. The van der Waals surface area contributed by atoms with Gasteiger partial charge in [-0.2, -0.15) is 0 Å². The second-order valence-corrected chi connectivity index (χ2v) is 20.4. The first kappa shape index (κ1) is 43.5. The van der Waals surface area contributed by atoms with E-state index in [-0.39, 0.29) is 35.5 Å². The van der Waals surface area contributed by atoms with Crippen molar-refractivity contribution in [2.24, 2.45) is 47.3 Å². The molecule has 8 saturated heterocycles. The van der Waals surface area contributed by atoms with Crippen LogP contribution in [0.25, 0.3) is 0 Å². The maximum Gasteiger partial charge on any atom is 0.251 e. The normalized spacial score (nSPS) is 43.4. The van der Waals surface area contributed by atoms with Gasteiger partial charge >= 0.3 is 0 Å². The smallest absolute Gasteiger partial charge is 0.251 e. The van der Waals surface area contributed by atoms with Gasteiger partial charge in [0.25, 0.3) is 11.8 Å². The van der Waals surface area contributed by atoms with Crippen molar-refractivity contribution in [3.05, 3.63) is 59.7 Å². The average Bonchev–Trinajstić information content (AvgIpc) is 3.65. The Morgan fingerprint density at radius 3 is 1.38 bits per heavy atom. The first-order valence-corrected chi connectivity index (χ1v) is 23.8. The van der Waals surface area contributed by atoms with E-state index < -0.39 is 47.9 Å². The van der Waals surface area contributed by atoms with Crippen LogP contribution < -0.4 is 20.1 Å². The van der Waals surface area contributed by atoms with E-state index >= 15 is 0 Å². The molecule has 0 aromatic heterocycles. The highest BCUT2D eigenvalue weighted by molar-refractivity contribution is 5.94. The van der Waals surface area contributed by atoms with E-state index in [1.54, 1.807) is 24.3 Å². The van der Waals surface area contributed by atoms with Crippen LogP contribution in [0.1, 0.15) is 133 Å². The Kier molecular flexibility index (Phi) is 11.6. The first-order chi connectivity index (χ1) is 30.3. The number of benzene rings is 2. The molecule has 14 heteroatoms. The summed E-state index contributed by atoms with van der Waals surface area (Å²) in [4.78, 5) is 50.3. The van der Waals surface area contributed by atoms with E-state index in [2.05, 4.69) is 38.3 Å². The zero-order valence-corrected chi connectivity index (χ0v) is 37.6. The van der Waals surface area contributed by atoms with Gasteiger partial charge in [-0.25, -0.2) is 19.6 Å². The summed E-state index contributed by atoms with van der Waals surface area (Å²) in [5.41, 5.74) is -0.170. The summed E-state index contributed by atoms with van der Waals surface area (Å²) in [5.74, 6) is 1.27. The minimum absolute atomic E-state index is 0.0439. The second-order valence-electron chi connectivity index (χ2n) is 20.4. The number of hydrogen-bond donors (Lipinski definition) is 2. The Bertz CT molecular complexity index is 1850. The Balaban J connectivity index is 0.644. The number of hydrogen-bond acceptors (Lipinski definition) is 12. The van der Waals surface area contributed by atoms with Gasteiger partial charge in [0.05, 0.1) is 0 Å². The largest absolute Gasteiger partial charge is 0.465 e. The molecule has 14 nitrogen and oxygen atoms in total. The van der Waals surface area contributed by atoms with E-state index in [1.807, 2.05) is 38.1 Å². The van der Waals surface area contributed by atoms with Crippen LogP contribution in [0.15, 0.2) is 48.5 Å². The van der Waals surface area contributed by atoms with E-state index in [0.717, 1.165) is 70.6 Å². The summed E-state index contributed by atoms with van der Waals surface area (Å²) < 4.78 is 38.9. The van der Waals surface area contributed by atoms with Crippen molar-refractivity contribution in [1.29, 1.82) is 0 Å². The number of carbonyl (C=O) groups excluding carboxylic acids is 2. The molecule has 344 valence electrons. The molecule has 2 N–H and O–H groups in total. The maximum absolute atomic E-state index is 13.0. The number of nitrogens with one attached hydrogen (secondary N) is 2. The van der Waals surface area contributed by atoms with Gasteiger partial charge in [0.1, 0.15) is 11.5 Å². The van der Waals surface area contributed by atoms with Crippen molar-refractivity contribution in [1.82, 2.24) is 10.6 Å². The highest BCUT2D eigenvalue weighted by Gasteiger charge is 2.71. The van der Waals surface area contributed by atoms with Gasteiger partial charge in [-0.3, -0.25) is 9.59 Å². The van der Waals surface area contributed by atoms with Crippen LogP contribution in [-0.2, 0) is 38.5 Å². The van der Waals surface area contributed by atoms with Gasteiger partial charge < -0.3 is 39.1 Å². The van der Waals surface area contributed by atoms with Crippen LogP contribution >= 0.6 is 0 Å². The molecule has 16 atom stereocenters. The van der Waals surface area contributed by atoms with Gasteiger partial charge in [-0.15, -0.1) is 0 Å². The predicted octanol–water partition coefficient (Wildman–Crippen LogP) is 8.19. The molecule has 2 saturated carbocycles. The molecule has 2 amide bonds. The number of amides is 2. The fraction of sp³-hybridized carbons (Fsp3) is 0.714. The highest BCUT2D eigenvalue weighted by atomic mass is 17.3. The Hall–Kier alpha value is -3.34. The third kappa shape index (κ3) is 7.67. The molecule has 2 spiro atoms. The molecule has 8 aliphatic heterocycles. The lowest BCUT2D eigenvalue weighted by Crippen LogP contribution is -2.70. The lowest BCUT2D eigenvalue weighted by Gasteiger charge is -2.60. The van der Waals surface area contributed by atoms with Gasteiger partial charge in [-0.1, -0.05) is 27.7 Å². The zero-order valence-electron chi connectivity index (χ0n) is 37.6. The minimum Gasteiger partial charge on any atom is -0.465 e. The molecular formula is C49H66N2O12. The summed E-state index contributed by atoms with van der Waals surface area (Å²) in [7, 11) is 0. The number of rotatable bonds is 12. The van der Waals surface area contributed by atoms with Crippen molar-refractivity contribution in [2.75, 3.05) is 13.1 Å². The van der Waals surface area contributed by atoms with E-state index in [0.29, 0.717) is 59.4 Å². The van der Waals surface area contributed by atoms with E-state index in [9.17, 15) is 9.59 Å². The van der Waals surface area contributed by atoms with Crippen molar-refractivity contribution < 1.29 is 57.6 Å². The van der Waals surface area contributed by atoms with Gasteiger partial charge in [0.15, 0.2) is 23.8 Å². The monoisotopic (exact) mass is 874 g/mol. The molecule has 2 aromatic rings.